The molecule has 0 fully saturated rings. The largest absolute Gasteiger partial charge is 0.224 e. The molecular formula is C16H16O2S. The lowest BCUT2D eigenvalue weighted by Gasteiger charge is -2.01. The highest BCUT2D eigenvalue weighted by molar-refractivity contribution is 7.91. The molecule has 0 atom stereocenters. The lowest BCUT2D eigenvalue weighted by Crippen LogP contribution is -2.05. The van der Waals surface area contributed by atoms with Gasteiger partial charge in [-0.3, -0.25) is 0 Å². The second kappa shape index (κ2) is 6.34. The van der Waals surface area contributed by atoms with Crippen LogP contribution >= 0.6 is 0 Å². The van der Waals surface area contributed by atoms with Crippen LogP contribution in [0.5, 0.6) is 0 Å². The second-order valence-electron chi connectivity index (χ2n) is 4.23. The molecule has 0 heterocycles. The van der Waals surface area contributed by atoms with Crippen molar-refractivity contribution >= 4 is 15.9 Å². The number of hydrogen-bond donors (Lipinski definition) is 0. The van der Waals surface area contributed by atoms with E-state index in [0.717, 1.165) is 5.56 Å². The Bertz CT molecular complexity index is 629. The van der Waals surface area contributed by atoms with Gasteiger partial charge in [0.1, 0.15) is 0 Å². The Morgan fingerprint density at radius 2 is 1.42 bits per heavy atom. The summed E-state index contributed by atoms with van der Waals surface area (Å²) in [5, 5.41) is 0. The van der Waals surface area contributed by atoms with E-state index in [9.17, 15) is 8.42 Å². The monoisotopic (exact) mass is 272 g/mol. The summed E-state index contributed by atoms with van der Waals surface area (Å²) in [6.45, 7) is 0. The van der Waals surface area contributed by atoms with Gasteiger partial charge in [-0.2, -0.15) is 0 Å². The summed E-state index contributed by atoms with van der Waals surface area (Å²) in [6, 6.07) is 18.4. The molecular weight excluding hydrogens is 256 g/mol. The van der Waals surface area contributed by atoms with Crippen LogP contribution in [0.25, 0.3) is 6.08 Å². The van der Waals surface area contributed by atoms with Gasteiger partial charge in [0, 0.05) is 0 Å². The molecule has 2 nitrogen and oxygen atoms in total. The molecule has 2 aromatic rings. The van der Waals surface area contributed by atoms with Gasteiger partial charge >= 0.3 is 0 Å². The van der Waals surface area contributed by atoms with Crippen LogP contribution in [0.4, 0.5) is 0 Å². The summed E-state index contributed by atoms with van der Waals surface area (Å²) in [7, 11) is -3.17. The second-order valence-corrected chi connectivity index (χ2v) is 6.34. The summed E-state index contributed by atoms with van der Waals surface area (Å²) in [5.74, 6) is 0.139. The Morgan fingerprint density at radius 3 is 2.05 bits per heavy atom. The highest BCUT2D eigenvalue weighted by atomic mass is 32.2. The quantitative estimate of drug-likeness (QED) is 0.834. The Labute approximate surface area is 114 Å². The highest BCUT2D eigenvalue weighted by Crippen LogP contribution is 2.11. The molecule has 0 saturated heterocycles. The van der Waals surface area contributed by atoms with Crippen molar-refractivity contribution in [3.8, 4) is 0 Å². The van der Waals surface area contributed by atoms with Crippen molar-refractivity contribution in [1.82, 2.24) is 0 Å². The van der Waals surface area contributed by atoms with Crippen LogP contribution in [0.3, 0.4) is 0 Å². The third-order valence-corrected chi connectivity index (χ3v) is 4.53. The van der Waals surface area contributed by atoms with E-state index in [2.05, 4.69) is 0 Å². The maximum absolute atomic E-state index is 12.0. The molecule has 0 saturated carbocycles. The van der Waals surface area contributed by atoms with Crippen LogP contribution < -0.4 is 0 Å². The SMILES string of the molecule is O=S(=O)(CC/C=C/c1ccccc1)c1ccccc1. The van der Waals surface area contributed by atoms with Gasteiger partial charge < -0.3 is 0 Å². The molecule has 0 unspecified atom stereocenters. The van der Waals surface area contributed by atoms with Crippen molar-refractivity contribution in [3.63, 3.8) is 0 Å². The fourth-order valence-electron chi connectivity index (χ4n) is 1.75. The molecule has 0 bridgehead atoms. The number of sulfone groups is 1. The van der Waals surface area contributed by atoms with E-state index < -0.39 is 9.84 Å². The van der Waals surface area contributed by atoms with Gasteiger partial charge in [0.05, 0.1) is 10.6 Å². The van der Waals surface area contributed by atoms with Crippen molar-refractivity contribution in [2.24, 2.45) is 0 Å². The number of rotatable bonds is 5. The van der Waals surface area contributed by atoms with Gasteiger partial charge in [-0.1, -0.05) is 60.7 Å². The van der Waals surface area contributed by atoms with Crippen LogP contribution in [-0.4, -0.2) is 14.2 Å². The maximum Gasteiger partial charge on any atom is 0.178 e. The standard InChI is InChI=1S/C16H16O2S/c17-19(18,16-12-5-2-6-13-16)14-8-7-11-15-9-3-1-4-10-15/h1-7,9-13H,8,14H2/b11-7+. The summed E-state index contributed by atoms with van der Waals surface area (Å²) in [6.07, 6.45) is 4.36. The van der Waals surface area contributed by atoms with Crippen molar-refractivity contribution in [2.45, 2.75) is 11.3 Å². The maximum atomic E-state index is 12.0. The lowest BCUT2D eigenvalue weighted by atomic mass is 10.2. The summed E-state index contributed by atoms with van der Waals surface area (Å²) < 4.78 is 24.0. The van der Waals surface area contributed by atoms with Crippen LogP contribution in [0.2, 0.25) is 0 Å². The van der Waals surface area contributed by atoms with Crippen molar-refractivity contribution in [3.05, 3.63) is 72.3 Å². The fourth-order valence-corrected chi connectivity index (χ4v) is 3.01. The van der Waals surface area contributed by atoms with Gasteiger partial charge in [-0.05, 0) is 24.1 Å². The van der Waals surface area contributed by atoms with E-state index in [1.165, 1.54) is 0 Å². The molecule has 19 heavy (non-hydrogen) atoms. The Morgan fingerprint density at radius 1 is 0.842 bits per heavy atom. The molecule has 0 aliphatic heterocycles. The summed E-state index contributed by atoms with van der Waals surface area (Å²) in [4.78, 5) is 0.392. The van der Waals surface area contributed by atoms with E-state index in [0.29, 0.717) is 11.3 Å². The normalized spacial score (nSPS) is 11.8. The van der Waals surface area contributed by atoms with Gasteiger partial charge in [0.2, 0.25) is 0 Å². The predicted molar refractivity (Wildman–Crippen MR) is 78.6 cm³/mol. The predicted octanol–water partition coefficient (Wildman–Crippen LogP) is 3.56. The zero-order valence-corrected chi connectivity index (χ0v) is 11.4. The molecule has 98 valence electrons. The third kappa shape index (κ3) is 4.07. The molecule has 0 radical (unpaired) electrons. The minimum Gasteiger partial charge on any atom is -0.224 e. The molecule has 0 aliphatic rings. The van der Waals surface area contributed by atoms with Crippen molar-refractivity contribution < 1.29 is 8.42 Å². The van der Waals surface area contributed by atoms with Gasteiger partial charge in [-0.15, -0.1) is 0 Å². The third-order valence-electron chi connectivity index (χ3n) is 2.77. The van der Waals surface area contributed by atoms with Crippen LogP contribution in [-0.2, 0) is 9.84 Å². The number of hydrogen-bond acceptors (Lipinski definition) is 2. The molecule has 0 N–H and O–H groups in total. The number of benzene rings is 2. The lowest BCUT2D eigenvalue weighted by molar-refractivity contribution is 0.596. The first-order valence-electron chi connectivity index (χ1n) is 6.18. The molecule has 0 amide bonds. The number of allylic oxidation sites excluding steroid dienone is 1. The van der Waals surface area contributed by atoms with Crippen LogP contribution in [0.1, 0.15) is 12.0 Å². The molecule has 3 heteroatoms. The molecule has 0 aromatic heterocycles. The van der Waals surface area contributed by atoms with Crippen LogP contribution in [0.15, 0.2) is 71.6 Å². The minimum atomic E-state index is -3.17. The zero-order chi connectivity index (χ0) is 13.6. The summed E-state index contributed by atoms with van der Waals surface area (Å²) in [5.41, 5.74) is 1.08. The van der Waals surface area contributed by atoms with Crippen molar-refractivity contribution in [1.29, 1.82) is 0 Å². The van der Waals surface area contributed by atoms with E-state index in [-0.39, 0.29) is 5.75 Å². The smallest absolute Gasteiger partial charge is 0.178 e. The fraction of sp³-hybridized carbons (Fsp3) is 0.125. The van der Waals surface area contributed by atoms with E-state index in [1.54, 1.807) is 24.3 Å². The van der Waals surface area contributed by atoms with E-state index in [1.807, 2.05) is 48.6 Å². The van der Waals surface area contributed by atoms with Gasteiger partial charge in [-0.25, -0.2) is 8.42 Å². The average Bonchev–Trinajstić information content (AvgIpc) is 2.46. The average molecular weight is 272 g/mol. The Hall–Kier alpha value is -1.87. The first-order valence-corrected chi connectivity index (χ1v) is 7.83. The van der Waals surface area contributed by atoms with Gasteiger partial charge in [0.25, 0.3) is 0 Å². The molecule has 2 rings (SSSR count). The molecule has 0 spiro atoms. The Balaban J connectivity index is 1.95. The topological polar surface area (TPSA) is 34.1 Å². The molecule has 0 aliphatic carbocycles. The summed E-state index contributed by atoms with van der Waals surface area (Å²) >= 11 is 0. The molecule has 2 aromatic carbocycles. The minimum absolute atomic E-state index is 0.139. The zero-order valence-electron chi connectivity index (χ0n) is 10.6. The first-order chi connectivity index (χ1) is 9.18. The van der Waals surface area contributed by atoms with Crippen molar-refractivity contribution in [2.75, 3.05) is 5.75 Å². The van der Waals surface area contributed by atoms with Crippen LogP contribution in [0, 0.1) is 0 Å². The first kappa shape index (κ1) is 13.6. The van der Waals surface area contributed by atoms with E-state index in [4.69, 9.17) is 0 Å². The van der Waals surface area contributed by atoms with E-state index >= 15 is 0 Å². The van der Waals surface area contributed by atoms with Gasteiger partial charge in [0.15, 0.2) is 9.84 Å². The highest BCUT2D eigenvalue weighted by Gasteiger charge is 2.11. The Kier molecular flexibility index (Phi) is 4.53.